The summed E-state index contributed by atoms with van der Waals surface area (Å²) in [7, 11) is 1.41. The average Bonchev–Trinajstić information content (AvgIpc) is 4.20. The van der Waals surface area contributed by atoms with Gasteiger partial charge in [0, 0.05) is 135 Å². The number of nitrogens with zero attached hydrogens (tertiary/aromatic N) is 10. The predicted octanol–water partition coefficient (Wildman–Crippen LogP) is 10.7. The summed E-state index contributed by atoms with van der Waals surface area (Å²) in [6.45, 7) is 19.5. The number of aromatic nitrogens is 6. The van der Waals surface area contributed by atoms with E-state index < -0.39 is 5.60 Å². The van der Waals surface area contributed by atoms with Crippen LogP contribution < -0.4 is 9.80 Å². The van der Waals surface area contributed by atoms with Gasteiger partial charge in [0.25, 0.3) is 0 Å². The number of piperazine rings is 2. The molecule has 4 aromatic heterocycles. The van der Waals surface area contributed by atoms with Crippen molar-refractivity contribution in [2.24, 2.45) is 0 Å². The number of pyridine rings is 2. The van der Waals surface area contributed by atoms with Crippen LogP contribution in [0.15, 0.2) is 85.7 Å². The summed E-state index contributed by atoms with van der Waals surface area (Å²) in [4.78, 5) is 51.5. The van der Waals surface area contributed by atoms with Crippen LogP contribution in [0, 0.1) is 0 Å². The van der Waals surface area contributed by atoms with Gasteiger partial charge in [-0.25, -0.2) is 24.7 Å². The second-order valence-corrected chi connectivity index (χ2v) is 22.8. The predicted molar refractivity (Wildman–Crippen MR) is 306 cm³/mol. The Morgan fingerprint density at radius 1 is 0.645 bits per heavy atom. The van der Waals surface area contributed by atoms with Crippen LogP contribution in [0.2, 0.25) is 20.1 Å². The number of esters is 1. The molecule has 76 heavy (non-hydrogen) atoms. The maximum Gasteiger partial charge on any atom is 0.338 e. The zero-order chi connectivity index (χ0) is 53.5. The van der Waals surface area contributed by atoms with Gasteiger partial charge in [0.15, 0.2) is 0 Å². The quantitative estimate of drug-likeness (QED) is 0.0890. The summed E-state index contributed by atoms with van der Waals surface area (Å²) in [5.74, 6) is 2.91. The van der Waals surface area contributed by atoms with E-state index in [0.29, 0.717) is 49.8 Å². The first kappa shape index (κ1) is 55.9. The number of carbonyl (C=O) groups is 1. The van der Waals surface area contributed by atoms with E-state index in [9.17, 15) is 9.90 Å². The minimum absolute atomic E-state index is 0.341. The summed E-state index contributed by atoms with van der Waals surface area (Å²) in [5, 5.41) is 13.2. The smallest absolute Gasteiger partial charge is 0.338 e. The SMILES string of the molecule is CC[C@H]1CN(c2ncc(-c3ncc[nH]3)cc2Cl)CCN1C1CCN(Cc2ccc(Cl)cc2C(=O)OC)CC1.CC[C@H]1CN(c2ncc(-c3ncc[nH]3)cc2Cl)CCN1C1CCN(Cc2ccc(Cl)cc2C(C)(C)O)CC1. The largest absolute Gasteiger partial charge is 0.465 e. The van der Waals surface area contributed by atoms with E-state index in [2.05, 4.69) is 69.2 Å². The van der Waals surface area contributed by atoms with Crippen molar-refractivity contribution < 1.29 is 14.6 Å². The Labute approximate surface area is 467 Å². The number of hydrogen-bond donors (Lipinski definition) is 3. The molecule has 8 heterocycles. The number of aromatic amines is 2. The maximum atomic E-state index is 12.2. The van der Waals surface area contributed by atoms with E-state index >= 15 is 0 Å². The fourth-order valence-electron chi connectivity index (χ4n) is 11.8. The van der Waals surface area contributed by atoms with E-state index in [1.807, 2.05) is 62.6 Å². The number of halogens is 4. The molecule has 4 fully saturated rings. The highest BCUT2D eigenvalue weighted by atomic mass is 35.5. The molecule has 4 aliphatic heterocycles. The lowest BCUT2D eigenvalue weighted by atomic mass is 9.92. The molecule has 4 aliphatic rings. The van der Waals surface area contributed by atoms with Gasteiger partial charge in [-0.2, -0.15) is 0 Å². The van der Waals surface area contributed by atoms with Gasteiger partial charge in [-0.05, 0) is 132 Å². The summed E-state index contributed by atoms with van der Waals surface area (Å²) >= 11 is 25.8. The summed E-state index contributed by atoms with van der Waals surface area (Å²) < 4.78 is 4.97. The van der Waals surface area contributed by atoms with Crippen LogP contribution in [0.4, 0.5) is 11.6 Å². The topological polar surface area (TPSA) is 149 Å². The molecule has 6 aromatic rings. The highest BCUT2D eigenvalue weighted by molar-refractivity contribution is 6.33. The van der Waals surface area contributed by atoms with Crippen LogP contribution in [0.25, 0.3) is 22.8 Å². The lowest BCUT2D eigenvalue weighted by molar-refractivity contribution is 0.0576. The standard InChI is InChI=1S/C29H38Cl2N6O.C28H34Cl2N6O2/c1-4-23-19-36(28-26(31)15-21(17-34-28)27-32-9-10-33-27)13-14-37(23)24-7-11-35(12-8-24)18-20-5-6-22(30)16-25(20)29(2,3)38;1-3-22-18-35(27-25(30)14-20(16-33-27)26-31-8-9-32-26)12-13-36(22)23-6-10-34(11-7-23)17-19-4-5-21(29)15-24(19)28(37)38-2/h5-6,9-10,15-17,23-24,38H,4,7-8,11-14,18-19H2,1-3H3,(H,32,33);4-5,8-9,14-16,22-23H,3,6-7,10-13,17-18H2,1-2H3,(H,31,32)/t23-;22-/m00/s1. The van der Waals surface area contributed by atoms with Crippen LogP contribution in [-0.2, 0) is 23.4 Å². The molecule has 406 valence electrons. The second kappa shape index (κ2) is 25.3. The van der Waals surface area contributed by atoms with E-state index in [-0.39, 0.29) is 5.97 Å². The van der Waals surface area contributed by atoms with E-state index in [1.165, 1.54) is 7.11 Å². The molecule has 2 aromatic carbocycles. The number of anilines is 2. The van der Waals surface area contributed by atoms with Crippen molar-refractivity contribution in [3.05, 3.63) is 128 Å². The number of imidazole rings is 2. The van der Waals surface area contributed by atoms with Crippen molar-refractivity contribution in [3.8, 4) is 22.8 Å². The van der Waals surface area contributed by atoms with Gasteiger partial charge in [-0.3, -0.25) is 19.6 Å². The van der Waals surface area contributed by atoms with E-state index in [4.69, 9.17) is 61.1 Å². The number of methoxy groups -OCH3 is 1. The number of nitrogens with one attached hydrogen (secondary N) is 2. The zero-order valence-corrected chi connectivity index (χ0v) is 47.4. The van der Waals surface area contributed by atoms with Crippen molar-refractivity contribution >= 4 is 64.0 Å². The highest BCUT2D eigenvalue weighted by Crippen LogP contribution is 2.35. The molecule has 10 rings (SSSR count). The first-order valence-corrected chi connectivity index (χ1v) is 28.3. The Kier molecular flexibility index (Phi) is 18.6. The van der Waals surface area contributed by atoms with Gasteiger partial charge in [0.1, 0.15) is 23.3 Å². The molecule has 0 saturated carbocycles. The van der Waals surface area contributed by atoms with Crippen molar-refractivity contribution in [1.29, 1.82) is 0 Å². The van der Waals surface area contributed by atoms with Crippen LogP contribution in [0.3, 0.4) is 0 Å². The Morgan fingerprint density at radius 2 is 1.11 bits per heavy atom. The van der Waals surface area contributed by atoms with Gasteiger partial charge in [-0.1, -0.05) is 72.4 Å². The number of ether oxygens (including phenoxy) is 1. The minimum Gasteiger partial charge on any atom is -0.465 e. The number of aliphatic hydroxyl groups is 1. The second-order valence-electron chi connectivity index (χ2n) is 21.1. The minimum atomic E-state index is -0.913. The summed E-state index contributed by atoms with van der Waals surface area (Å²) in [5.41, 5.74) is 4.45. The number of benzene rings is 2. The van der Waals surface area contributed by atoms with Gasteiger partial charge >= 0.3 is 5.97 Å². The molecule has 0 radical (unpaired) electrons. The molecule has 0 bridgehead atoms. The molecule has 0 aliphatic carbocycles. The molecular weight excluding hydrogens is 1040 g/mol. The van der Waals surface area contributed by atoms with E-state index in [1.54, 1.807) is 30.9 Å². The van der Waals surface area contributed by atoms with E-state index in [0.717, 1.165) is 168 Å². The Balaban J connectivity index is 0.000000186. The van der Waals surface area contributed by atoms with Crippen molar-refractivity contribution in [2.45, 2.75) is 109 Å². The highest BCUT2D eigenvalue weighted by Gasteiger charge is 2.36. The molecular formula is C57H72Cl4N12O3. The number of carbonyl (C=O) groups excluding carboxylic acids is 1. The van der Waals surface area contributed by atoms with Gasteiger partial charge in [0.05, 0.1) is 28.3 Å². The van der Waals surface area contributed by atoms with Crippen molar-refractivity contribution in [1.82, 2.24) is 49.5 Å². The van der Waals surface area contributed by atoms with Crippen molar-refractivity contribution in [3.63, 3.8) is 0 Å². The number of likely N-dealkylation sites (tertiary alicyclic amines) is 2. The average molecular weight is 1120 g/mol. The zero-order valence-electron chi connectivity index (χ0n) is 44.4. The maximum absolute atomic E-state index is 12.2. The molecule has 0 unspecified atom stereocenters. The van der Waals surface area contributed by atoms with Crippen LogP contribution in [-0.4, -0.2) is 157 Å². The number of piperidine rings is 2. The fourth-order valence-corrected chi connectivity index (χ4v) is 12.7. The molecule has 0 spiro atoms. The van der Waals surface area contributed by atoms with Crippen LogP contribution in [0.1, 0.15) is 93.3 Å². The third-order valence-electron chi connectivity index (χ3n) is 15.8. The van der Waals surface area contributed by atoms with Gasteiger partial charge in [0.2, 0.25) is 0 Å². The van der Waals surface area contributed by atoms with Crippen LogP contribution in [0.5, 0.6) is 0 Å². The summed E-state index contributed by atoms with van der Waals surface area (Å²) in [6, 6.07) is 17.3. The Hall–Kier alpha value is -4.81. The van der Waals surface area contributed by atoms with Crippen LogP contribution >= 0.6 is 46.4 Å². The number of rotatable bonds is 14. The van der Waals surface area contributed by atoms with Gasteiger partial charge in [-0.15, -0.1) is 0 Å². The molecule has 4 saturated heterocycles. The first-order chi connectivity index (χ1) is 36.7. The number of H-pyrrole nitrogens is 2. The fraction of sp³-hybridized carbons (Fsp3) is 0.491. The monoisotopic (exact) mass is 1110 g/mol. The van der Waals surface area contributed by atoms with Crippen molar-refractivity contribution in [2.75, 3.05) is 82.4 Å². The third-order valence-corrected chi connectivity index (χ3v) is 16.9. The molecule has 0 amide bonds. The lowest BCUT2D eigenvalue weighted by Crippen LogP contribution is -2.58. The number of hydrogen-bond acceptors (Lipinski definition) is 13. The Bertz CT molecular complexity index is 2850. The normalized spacial score (nSPS) is 19.9. The summed E-state index contributed by atoms with van der Waals surface area (Å²) in [6.07, 6.45) is 17.4. The van der Waals surface area contributed by atoms with Gasteiger partial charge < -0.3 is 29.6 Å². The molecule has 3 N–H and O–H groups in total. The molecule has 15 nitrogen and oxygen atoms in total. The first-order valence-electron chi connectivity index (χ1n) is 26.8. The third kappa shape index (κ3) is 13.4. The Morgan fingerprint density at radius 3 is 1.53 bits per heavy atom. The molecule has 19 heteroatoms. The lowest BCUT2D eigenvalue weighted by Gasteiger charge is -2.48. The molecule has 2 atom stereocenters.